The van der Waals surface area contributed by atoms with E-state index in [2.05, 4.69) is 33.1 Å². The minimum atomic E-state index is -0.313. The van der Waals surface area contributed by atoms with Crippen LogP contribution in [0.5, 0.6) is 0 Å². The molecule has 4 rings (SSSR count). The van der Waals surface area contributed by atoms with Crippen LogP contribution in [0.1, 0.15) is 65.2 Å². The minimum absolute atomic E-state index is 0.0144. The molecule has 0 radical (unpaired) electrons. The highest BCUT2D eigenvalue weighted by Crippen LogP contribution is 2.65. The largest absolute Gasteiger partial charge is 0.459 e. The van der Waals surface area contributed by atoms with Crippen LogP contribution in [0.15, 0.2) is 37.0 Å². The molecule has 0 aromatic heterocycles. The Morgan fingerprint density at radius 2 is 1.72 bits per heavy atom. The molecule has 0 bridgehead atoms. The number of carbonyl (C=O) groups excluding carboxylic acids is 2. The third-order valence-electron chi connectivity index (χ3n) is 8.85. The van der Waals surface area contributed by atoms with Crippen LogP contribution in [0.4, 0.5) is 0 Å². The molecule has 0 spiro atoms. The van der Waals surface area contributed by atoms with Crippen molar-refractivity contribution >= 4 is 11.9 Å². The normalized spacial score (nSPS) is 43.1. The maximum Gasteiger partial charge on any atom is 0.330 e. The Morgan fingerprint density at radius 3 is 2.45 bits per heavy atom. The minimum Gasteiger partial charge on any atom is -0.459 e. The molecule has 0 unspecified atom stereocenters. The van der Waals surface area contributed by atoms with Crippen LogP contribution < -0.4 is 0 Å². The predicted molar refractivity (Wildman–Crippen MR) is 112 cm³/mol. The second-order valence-corrected chi connectivity index (χ2v) is 10.0. The first-order chi connectivity index (χ1) is 13.8. The quantitative estimate of drug-likeness (QED) is 0.374. The van der Waals surface area contributed by atoms with Crippen molar-refractivity contribution in [1.82, 2.24) is 0 Å². The fraction of sp³-hybridized carbons (Fsp3) is 0.680. The standard InChI is InChI=1S/C25H34O4/c1-5-22(26)28-17-11-13-24(3)16(15-17)7-8-18-19-9-10-21(29-23(27)6-2)25(19,4)14-12-20(18)24/h5-7,17-21H,1-2,8-15H2,3-4H3/t17-,18-,19-,20-,21-,24-,25-/m0/s1. The molecule has 4 heteroatoms. The predicted octanol–water partition coefficient (Wildman–Crippen LogP) is 5.14. The van der Waals surface area contributed by atoms with Crippen LogP contribution in [0.2, 0.25) is 0 Å². The van der Waals surface area contributed by atoms with Crippen molar-refractivity contribution in [2.75, 3.05) is 0 Å². The monoisotopic (exact) mass is 398 g/mol. The van der Waals surface area contributed by atoms with E-state index in [0.717, 1.165) is 44.9 Å². The van der Waals surface area contributed by atoms with E-state index in [9.17, 15) is 9.59 Å². The molecule has 0 N–H and O–H groups in total. The molecular formula is C25H34O4. The van der Waals surface area contributed by atoms with E-state index in [1.807, 2.05) is 0 Å². The summed E-state index contributed by atoms with van der Waals surface area (Å²) in [5, 5.41) is 0. The lowest BCUT2D eigenvalue weighted by Gasteiger charge is -2.57. The molecule has 0 amide bonds. The summed E-state index contributed by atoms with van der Waals surface area (Å²) in [7, 11) is 0. The number of rotatable bonds is 4. The Kier molecular flexibility index (Phi) is 5.25. The van der Waals surface area contributed by atoms with E-state index in [1.54, 1.807) is 0 Å². The van der Waals surface area contributed by atoms with E-state index >= 15 is 0 Å². The van der Waals surface area contributed by atoms with E-state index in [0.29, 0.717) is 17.8 Å². The number of carbonyl (C=O) groups is 2. The average molecular weight is 399 g/mol. The molecule has 0 aliphatic heterocycles. The highest BCUT2D eigenvalue weighted by atomic mass is 16.5. The Morgan fingerprint density at radius 1 is 1.00 bits per heavy atom. The fourth-order valence-electron chi connectivity index (χ4n) is 7.27. The van der Waals surface area contributed by atoms with Crippen LogP contribution in [0, 0.1) is 28.6 Å². The Balaban J connectivity index is 1.53. The van der Waals surface area contributed by atoms with E-state index in [4.69, 9.17) is 9.47 Å². The highest BCUT2D eigenvalue weighted by Gasteiger charge is 2.59. The van der Waals surface area contributed by atoms with Crippen LogP contribution in [-0.2, 0) is 19.1 Å². The van der Waals surface area contributed by atoms with Crippen molar-refractivity contribution < 1.29 is 19.1 Å². The summed E-state index contributed by atoms with van der Waals surface area (Å²) in [6.07, 6.45) is 13.4. The Bertz CT molecular complexity index is 752. The SMILES string of the molecule is C=CC(=O)O[C@H]1CC[C@@]2(C)C(=CC[C@H]3[C@@H]4CC[C@H](OC(=O)C=C)[C@@]4(C)CC[C@@H]32)C1. The van der Waals surface area contributed by atoms with Crippen LogP contribution >= 0.6 is 0 Å². The Hall–Kier alpha value is -1.84. The summed E-state index contributed by atoms with van der Waals surface area (Å²) in [5.41, 5.74) is 1.78. The van der Waals surface area contributed by atoms with Gasteiger partial charge in [-0.2, -0.15) is 0 Å². The zero-order chi connectivity index (χ0) is 20.8. The molecule has 4 aliphatic carbocycles. The molecule has 0 heterocycles. The number of allylic oxidation sites excluding steroid dienone is 1. The third kappa shape index (κ3) is 3.29. The van der Waals surface area contributed by atoms with Gasteiger partial charge in [0, 0.05) is 24.0 Å². The van der Waals surface area contributed by atoms with Crippen LogP contribution in [-0.4, -0.2) is 24.1 Å². The van der Waals surface area contributed by atoms with Crippen molar-refractivity contribution in [3.8, 4) is 0 Å². The summed E-state index contributed by atoms with van der Waals surface area (Å²) in [6, 6.07) is 0. The molecular weight excluding hydrogens is 364 g/mol. The first-order valence-corrected chi connectivity index (χ1v) is 11.2. The zero-order valence-electron chi connectivity index (χ0n) is 17.8. The van der Waals surface area contributed by atoms with Gasteiger partial charge in [-0.05, 0) is 68.1 Å². The molecule has 0 saturated heterocycles. The molecule has 158 valence electrons. The van der Waals surface area contributed by atoms with Gasteiger partial charge in [0.2, 0.25) is 0 Å². The fourth-order valence-corrected chi connectivity index (χ4v) is 7.27. The molecule has 4 aliphatic rings. The highest BCUT2D eigenvalue weighted by molar-refractivity contribution is 5.81. The lowest BCUT2D eigenvalue weighted by atomic mass is 9.48. The lowest BCUT2D eigenvalue weighted by molar-refractivity contribution is -0.153. The second-order valence-electron chi connectivity index (χ2n) is 10.0. The molecule has 3 saturated carbocycles. The maximum atomic E-state index is 11.8. The third-order valence-corrected chi connectivity index (χ3v) is 8.85. The van der Waals surface area contributed by atoms with Gasteiger partial charge in [-0.25, -0.2) is 9.59 Å². The molecule has 7 atom stereocenters. The van der Waals surface area contributed by atoms with Crippen molar-refractivity contribution in [2.45, 2.75) is 77.4 Å². The van der Waals surface area contributed by atoms with E-state index in [1.165, 1.54) is 24.1 Å². The van der Waals surface area contributed by atoms with Gasteiger partial charge in [0.15, 0.2) is 0 Å². The van der Waals surface area contributed by atoms with E-state index < -0.39 is 0 Å². The summed E-state index contributed by atoms with van der Waals surface area (Å²) in [5.74, 6) is 1.33. The molecule has 4 nitrogen and oxygen atoms in total. The molecule has 0 aromatic carbocycles. The van der Waals surface area contributed by atoms with Gasteiger partial charge in [0.05, 0.1) is 0 Å². The number of fused-ring (bicyclic) bond motifs is 5. The van der Waals surface area contributed by atoms with Crippen molar-refractivity contribution in [2.24, 2.45) is 28.6 Å². The van der Waals surface area contributed by atoms with Gasteiger partial charge >= 0.3 is 11.9 Å². The van der Waals surface area contributed by atoms with Gasteiger partial charge in [0.1, 0.15) is 12.2 Å². The summed E-state index contributed by atoms with van der Waals surface area (Å²) in [4.78, 5) is 23.5. The van der Waals surface area contributed by atoms with E-state index in [-0.39, 0.29) is 35.0 Å². The maximum absolute atomic E-state index is 11.8. The van der Waals surface area contributed by atoms with Crippen molar-refractivity contribution in [1.29, 1.82) is 0 Å². The topological polar surface area (TPSA) is 52.6 Å². The first kappa shape index (κ1) is 20.4. The van der Waals surface area contributed by atoms with Gasteiger partial charge < -0.3 is 9.47 Å². The molecule has 0 aromatic rings. The zero-order valence-corrected chi connectivity index (χ0v) is 17.8. The second kappa shape index (κ2) is 7.45. The lowest BCUT2D eigenvalue weighted by Crippen LogP contribution is -2.51. The summed E-state index contributed by atoms with van der Waals surface area (Å²) in [6.45, 7) is 11.9. The summed E-state index contributed by atoms with van der Waals surface area (Å²) >= 11 is 0. The van der Waals surface area contributed by atoms with Crippen LogP contribution in [0.25, 0.3) is 0 Å². The number of ether oxygens (including phenoxy) is 2. The van der Waals surface area contributed by atoms with Crippen molar-refractivity contribution in [3.05, 3.63) is 37.0 Å². The van der Waals surface area contributed by atoms with Gasteiger partial charge in [-0.15, -0.1) is 0 Å². The number of esters is 2. The Labute approximate surface area is 174 Å². The number of hydrogen-bond acceptors (Lipinski definition) is 4. The van der Waals surface area contributed by atoms with Crippen LogP contribution in [0.3, 0.4) is 0 Å². The summed E-state index contributed by atoms with van der Waals surface area (Å²) < 4.78 is 11.3. The smallest absolute Gasteiger partial charge is 0.330 e. The molecule has 29 heavy (non-hydrogen) atoms. The first-order valence-electron chi connectivity index (χ1n) is 11.2. The van der Waals surface area contributed by atoms with Gasteiger partial charge in [-0.1, -0.05) is 38.7 Å². The molecule has 3 fully saturated rings. The van der Waals surface area contributed by atoms with Crippen molar-refractivity contribution in [3.63, 3.8) is 0 Å². The van der Waals surface area contributed by atoms with Gasteiger partial charge in [-0.3, -0.25) is 0 Å². The van der Waals surface area contributed by atoms with Gasteiger partial charge in [0.25, 0.3) is 0 Å². The number of hydrogen-bond donors (Lipinski definition) is 0. The average Bonchev–Trinajstić information content (AvgIpc) is 3.04.